The van der Waals surface area contributed by atoms with Crippen LogP contribution in [0.2, 0.25) is 0 Å². The van der Waals surface area contributed by atoms with E-state index >= 15 is 0 Å². The molecule has 5 nitrogen and oxygen atoms in total. The lowest BCUT2D eigenvalue weighted by atomic mass is 10.0. The first-order valence-electron chi connectivity index (χ1n) is 7.38. The van der Waals surface area contributed by atoms with Gasteiger partial charge < -0.3 is 24.4 Å². The molecule has 2 N–H and O–H groups in total. The van der Waals surface area contributed by atoms with E-state index in [0.717, 1.165) is 0 Å². The number of hydrogen-bond donors (Lipinski definition) is 2. The van der Waals surface area contributed by atoms with Gasteiger partial charge in [0.2, 0.25) is 0 Å². The fraction of sp³-hybridized carbons (Fsp3) is 0.750. The first kappa shape index (κ1) is 20.3. The van der Waals surface area contributed by atoms with Gasteiger partial charge in [0.1, 0.15) is 0 Å². The van der Waals surface area contributed by atoms with E-state index in [2.05, 4.69) is 13.2 Å². The summed E-state index contributed by atoms with van der Waals surface area (Å²) in [6.45, 7) is 13.3. The maximum atomic E-state index is 8.71. The molecule has 0 aliphatic rings. The molecule has 5 heteroatoms. The molecule has 0 aromatic rings. The zero-order valence-corrected chi connectivity index (χ0v) is 13.2. The second-order valence-corrected chi connectivity index (χ2v) is 5.09. The molecule has 0 bridgehead atoms. The summed E-state index contributed by atoms with van der Waals surface area (Å²) in [6, 6.07) is 0. The summed E-state index contributed by atoms with van der Waals surface area (Å²) < 4.78 is 16.7. The largest absolute Gasteiger partial charge is 0.394 e. The molecule has 21 heavy (non-hydrogen) atoms. The summed E-state index contributed by atoms with van der Waals surface area (Å²) in [5.41, 5.74) is 0. The van der Waals surface area contributed by atoms with Crippen LogP contribution in [0.1, 0.15) is 13.8 Å². The summed E-state index contributed by atoms with van der Waals surface area (Å²) in [5.74, 6) is 0.254. The van der Waals surface area contributed by atoms with Crippen LogP contribution in [0.3, 0.4) is 0 Å². The monoisotopic (exact) mass is 302 g/mol. The molecular weight excluding hydrogens is 272 g/mol. The van der Waals surface area contributed by atoms with E-state index in [1.165, 1.54) is 0 Å². The van der Waals surface area contributed by atoms with Gasteiger partial charge in [-0.25, -0.2) is 0 Å². The highest BCUT2D eigenvalue weighted by molar-refractivity contribution is 4.91. The van der Waals surface area contributed by atoms with Gasteiger partial charge in [0, 0.05) is 11.8 Å². The molecule has 0 fully saturated rings. The molecular formula is C16H30O5. The van der Waals surface area contributed by atoms with Gasteiger partial charge in [-0.15, -0.1) is 13.2 Å². The summed E-state index contributed by atoms with van der Waals surface area (Å²) in [6.07, 6.45) is 3.19. The third kappa shape index (κ3) is 9.01. The standard InChI is InChI=1S/C16H30O5/c1-5-15(13(3)11-19-9-7-17)21-16(6-2)14(4)12-20-10-8-18/h5-6,13-18H,1-2,7-12H2,3-4H3. The molecule has 4 atom stereocenters. The minimum atomic E-state index is -0.160. The van der Waals surface area contributed by atoms with Gasteiger partial charge in [-0.1, -0.05) is 26.0 Å². The first-order valence-corrected chi connectivity index (χ1v) is 7.38. The highest BCUT2D eigenvalue weighted by Crippen LogP contribution is 2.17. The zero-order valence-electron chi connectivity index (χ0n) is 13.2. The van der Waals surface area contributed by atoms with Gasteiger partial charge in [-0.05, 0) is 0 Å². The minimum Gasteiger partial charge on any atom is -0.394 e. The van der Waals surface area contributed by atoms with Crippen molar-refractivity contribution >= 4 is 0 Å². The van der Waals surface area contributed by atoms with Crippen LogP contribution in [-0.4, -0.2) is 62.1 Å². The van der Waals surface area contributed by atoms with Crippen LogP contribution >= 0.6 is 0 Å². The topological polar surface area (TPSA) is 68.2 Å². The molecule has 4 unspecified atom stereocenters. The molecule has 0 saturated heterocycles. The SMILES string of the molecule is C=CC(OC(C=C)C(C)COCCO)C(C)COCCO. The highest BCUT2D eigenvalue weighted by Gasteiger charge is 2.22. The molecule has 0 amide bonds. The molecule has 0 saturated carbocycles. The van der Waals surface area contributed by atoms with Crippen LogP contribution in [-0.2, 0) is 14.2 Å². The maximum Gasteiger partial charge on any atom is 0.0808 e. The van der Waals surface area contributed by atoms with Gasteiger partial charge in [-0.2, -0.15) is 0 Å². The molecule has 0 heterocycles. The first-order chi connectivity index (χ1) is 10.1. The Morgan fingerprint density at radius 1 is 0.857 bits per heavy atom. The van der Waals surface area contributed by atoms with Crippen molar-refractivity contribution in [1.29, 1.82) is 0 Å². The lowest BCUT2D eigenvalue weighted by Gasteiger charge is -2.28. The van der Waals surface area contributed by atoms with E-state index in [0.29, 0.717) is 26.4 Å². The zero-order chi connectivity index (χ0) is 16.1. The molecule has 0 aliphatic carbocycles. The van der Waals surface area contributed by atoms with E-state index in [1.807, 2.05) is 13.8 Å². The second-order valence-electron chi connectivity index (χ2n) is 5.09. The third-order valence-corrected chi connectivity index (χ3v) is 3.13. The van der Waals surface area contributed by atoms with Crippen molar-refractivity contribution in [3.63, 3.8) is 0 Å². The van der Waals surface area contributed by atoms with E-state index in [-0.39, 0.29) is 37.3 Å². The Bertz CT molecular complexity index is 243. The molecule has 0 rings (SSSR count). The van der Waals surface area contributed by atoms with Crippen molar-refractivity contribution in [2.24, 2.45) is 11.8 Å². The molecule has 0 aromatic carbocycles. The van der Waals surface area contributed by atoms with Crippen LogP contribution in [0.25, 0.3) is 0 Å². The van der Waals surface area contributed by atoms with Crippen molar-refractivity contribution in [1.82, 2.24) is 0 Å². The summed E-state index contributed by atoms with van der Waals surface area (Å²) in [4.78, 5) is 0. The Morgan fingerprint density at radius 3 is 1.52 bits per heavy atom. The van der Waals surface area contributed by atoms with E-state index in [4.69, 9.17) is 24.4 Å². The van der Waals surface area contributed by atoms with Crippen molar-refractivity contribution in [3.05, 3.63) is 25.3 Å². The van der Waals surface area contributed by atoms with Gasteiger partial charge in [0.15, 0.2) is 0 Å². The predicted octanol–water partition coefficient (Wildman–Crippen LogP) is 1.40. The van der Waals surface area contributed by atoms with E-state index < -0.39 is 0 Å². The average molecular weight is 302 g/mol. The van der Waals surface area contributed by atoms with Crippen molar-refractivity contribution in [2.75, 3.05) is 39.6 Å². The number of ether oxygens (including phenoxy) is 3. The number of rotatable bonds is 14. The summed E-state index contributed by atoms with van der Waals surface area (Å²) in [5, 5.41) is 17.4. The number of hydrogen-bond acceptors (Lipinski definition) is 5. The van der Waals surface area contributed by atoms with Crippen LogP contribution in [0.5, 0.6) is 0 Å². The Balaban J connectivity index is 4.32. The molecule has 0 spiro atoms. The van der Waals surface area contributed by atoms with Crippen LogP contribution in [0.15, 0.2) is 25.3 Å². The minimum absolute atomic E-state index is 0.0147. The normalized spacial score (nSPS) is 17.0. The average Bonchev–Trinajstić information content (AvgIpc) is 2.48. The Labute approximate surface area is 128 Å². The Kier molecular flexibility index (Phi) is 12.5. The molecule has 0 radical (unpaired) electrons. The van der Waals surface area contributed by atoms with Crippen LogP contribution < -0.4 is 0 Å². The van der Waals surface area contributed by atoms with Crippen molar-refractivity contribution in [3.8, 4) is 0 Å². The van der Waals surface area contributed by atoms with Gasteiger partial charge in [0.25, 0.3) is 0 Å². The smallest absolute Gasteiger partial charge is 0.0808 e. The van der Waals surface area contributed by atoms with E-state index in [1.54, 1.807) is 12.2 Å². The van der Waals surface area contributed by atoms with Crippen molar-refractivity contribution in [2.45, 2.75) is 26.1 Å². The fourth-order valence-corrected chi connectivity index (χ4v) is 1.88. The molecule has 124 valence electrons. The van der Waals surface area contributed by atoms with Crippen molar-refractivity contribution < 1.29 is 24.4 Å². The Hall–Kier alpha value is -0.720. The lowest BCUT2D eigenvalue weighted by Crippen LogP contribution is -2.33. The number of aliphatic hydroxyl groups excluding tert-OH is 2. The van der Waals surface area contributed by atoms with Gasteiger partial charge in [-0.3, -0.25) is 0 Å². The maximum absolute atomic E-state index is 8.71. The lowest BCUT2D eigenvalue weighted by molar-refractivity contribution is -0.0532. The summed E-state index contributed by atoms with van der Waals surface area (Å²) in [7, 11) is 0. The van der Waals surface area contributed by atoms with Gasteiger partial charge >= 0.3 is 0 Å². The molecule has 0 aromatic heterocycles. The fourth-order valence-electron chi connectivity index (χ4n) is 1.88. The van der Waals surface area contributed by atoms with Gasteiger partial charge in [0.05, 0.1) is 51.8 Å². The third-order valence-electron chi connectivity index (χ3n) is 3.13. The van der Waals surface area contributed by atoms with Crippen LogP contribution in [0, 0.1) is 11.8 Å². The Morgan fingerprint density at radius 2 is 1.24 bits per heavy atom. The van der Waals surface area contributed by atoms with E-state index in [9.17, 15) is 0 Å². The quantitative estimate of drug-likeness (QED) is 0.375. The molecule has 0 aliphatic heterocycles. The summed E-state index contributed by atoms with van der Waals surface area (Å²) >= 11 is 0. The van der Waals surface area contributed by atoms with Crippen LogP contribution in [0.4, 0.5) is 0 Å². The predicted molar refractivity (Wildman–Crippen MR) is 83.2 cm³/mol. The highest BCUT2D eigenvalue weighted by atomic mass is 16.5. The second kappa shape index (κ2) is 13.0. The number of aliphatic hydroxyl groups is 2.